The van der Waals surface area contributed by atoms with Gasteiger partial charge in [-0.1, -0.05) is 30.3 Å². The summed E-state index contributed by atoms with van der Waals surface area (Å²) in [6.07, 6.45) is 4.50. The Kier molecular flexibility index (Phi) is 2.96. The summed E-state index contributed by atoms with van der Waals surface area (Å²) < 4.78 is 0. The van der Waals surface area contributed by atoms with Gasteiger partial charge in [0.2, 0.25) is 0 Å². The summed E-state index contributed by atoms with van der Waals surface area (Å²) in [7, 11) is 0. The van der Waals surface area contributed by atoms with Crippen LogP contribution in [0.5, 0.6) is 0 Å². The molecule has 0 aliphatic heterocycles. The standard InChI is InChI=1S/C14H10N4O2/c19-14(20)12-11(10-8-15-6-7-16-10)17-13(18-12)9-4-2-1-3-5-9/h1-8H,(H,17,18)(H,19,20). The molecule has 98 valence electrons. The minimum Gasteiger partial charge on any atom is -0.477 e. The molecule has 0 fully saturated rings. The Morgan fingerprint density at radius 2 is 1.95 bits per heavy atom. The smallest absolute Gasteiger partial charge is 0.354 e. The Labute approximate surface area is 114 Å². The molecule has 0 atom stereocenters. The molecule has 2 N–H and O–H groups in total. The van der Waals surface area contributed by atoms with Gasteiger partial charge in [-0.25, -0.2) is 9.78 Å². The number of hydrogen-bond donors (Lipinski definition) is 2. The molecule has 1 aromatic carbocycles. The molecule has 6 nitrogen and oxygen atoms in total. The number of rotatable bonds is 3. The van der Waals surface area contributed by atoms with E-state index in [0.29, 0.717) is 11.5 Å². The summed E-state index contributed by atoms with van der Waals surface area (Å²) in [5.74, 6) is -0.594. The fraction of sp³-hybridized carbons (Fsp3) is 0. The van der Waals surface area contributed by atoms with E-state index >= 15 is 0 Å². The number of nitrogens with one attached hydrogen (secondary N) is 1. The van der Waals surface area contributed by atoms with Crippen molar-refractivity contribution in [2.45, 2.75) is 0 Å². The van der Waals surface area contributed by atoms with Gasteiger partial charge in [-0.2, -0.15) is 0 Å². The number of carboxylic acid groups (broad SMARTS) is 1. The molecular weight excluding hydrogens is 256 g/mol. The van der Waals surface area contributed by atoms with Gasteiger partial charge in [0.1, 0.15) is 17.2 Å². The zero-order valence-corrected chi connectivity index (χ0v) is 10.3. The fourth-order valence-corrected chi connectivity index (χ4v) is 1.87. The Balaban J connectivity index is 2.15. The highest BCUT2D eigenvalue weighted by Gasteiger charge is 2.19. The van der Waals surface area contributed by atoms with Gasteiger partial charge in [0, 0.05) is 18.0 Å². The Morgan fingerprint density at radius 1 is 1.15 bits per heavy atom. The Bertz CT molecular complexity index is 738. The zero-order valence-electron chi connectivity index (χ0n) is 10.3. The summed E-state index contributed by atoms with van der Waals surface area (Å²) in [5.41, 5.74) is 1.52. The van der Waals surface area contributed by atoms with Crippen molar-refractivity contribution in [3.8, 4) is 22.8 Å². The van der Waals surface area contributed by atoms with Crippen molar-refractivity contribution in [1.29, 1.82) is 0 Å². The third-order valence-electron chi connectivity index (χ3n) is 2.77. The second kappa shape index (κ2) is 4.93. The summed E-state index contributed by atoms with van der Waals surface area (Å²) in [4.78, 5) is 26.5. The molecule has 0 amide bonds. The molecule has 3 aromatic rings. The summed E-state index contributed by atoms with van der Waals surface area (Å²) >= 11 is 0. The minimum absolute atomic E-state index is 0.00403. The van der Waals surface area contributed by atoms with Gasteiger partial charge in [-0.15, -0.1) is 0 Å². The maximum atomic E-state index is 11.3. The van der Waals surface area contributed by atoms with Crippen molar-refractivity contribution in [1.82, 2.24) is 19.9 Å². The number of hydrogen-bond acceptors (Lipinski definition) is 4. The van der Waals surface area contributed by atoms with Crippen LogP contribution >= 0.6 is 0 Å². The molecule has 0 saturated carbocycles. The summed E-state index contributed by atoms with van der Waals surface area (Å²) in [6.45, 7) is 0. The van der Waals surface area contributed by atoms with E-state index in [1.807, 2.05) is 30.3 Å². The molecule has 6 heteroatoms. The van der Waals surface area contributed by atoms with Crippen LogP contribution in [0.4, 0.5) is 0 Å². The number of carboxylic acids is 1. The molecular formula is C14H10N4O2. The predicted octanol–water partition coefficient (Wildman–Crippen LogP) is 2.23. The summed E-state index contributed by atoms with van der Waals surface area (Å²) in [5, 5.41) is 9.27. The van der Waals surface area contributed by atoms with E-state index in [2.05, 4.69) is 19.9 Å². The van der Waals surface area contributed by atoms with Crippen LogP contribution in [0.2, 0.25) is 0 Å². The lowest BCUT2D eigenvalue weighted by molar-refractivity contribution is 0.0692. The third-order valence-corrected chi connectivity index (χ3v) is 2.77. The highest BCUT2D eigenvalue weighted by atomic mass is 16.4. The molecule has 0 unspecified atom stereocenters. The van der Waals surface area contributed by atoms with Crippen molar-refractivity contribution in [3.05, 3.63) is 54.6 Å². The molecule has 0 aliphatic carbocycles. The first-order valence-corrected chi connectivity index (χ1v) is 5.91. The lowest BCUT2D eigenvalue weighted by atomic mass is 10.2. The normalized spacial score (nSPS) is 10.4. The first kappa shape index (κ1) is 12.0. The van der Waals surface area contributed by atoms with Gasteiger partial charge in [-0.05, 0) is 0 Å². The van der Waals surface area contributed by atoms with Crippen LogP contribution in [0, 0.1) is 0 Å². The van der Waals surface area contributed by atoms with Crippen LogP contribution in [-0.4, -0.2) is 31.0 Å². The lowest BCUT2D eigenvalue weighted by Crippen LogP contribution is -2.00. The number of carbonyl (C=O) groups is 1. The second-order valence-corrected chi connectivity index (χ2v) is 4.07. The number of nitrogens with zero attached hydrogens (tertiary/aromatic N) is 3. The average Bonchev–Trinajstić information content (AvgIpc) is 2.94. The highest BCUT2D eigenvalue weighted by Crippen LogP contribution is 2.24. The van der Waals surface area contributed by atoms with Gasteiger partial charge in [0.05, 0.1) is 6.20 Å². The van der Waals surface area contributed by atoms with Gasteiger partial charge >= 0.3 is 5.97 Å². The van der Waals surface area contributed by atoms with Crippen molar-refractivity contribution in [3.63, 3.8) is 0 Å². The monoisotopic (exact) mass is 266 g/mol. The maximum absolute atomic E-state index is 11.3. The second-order valence-electron chi connectivity index (χ2n) is 4.07. The molecule has 0 saturated heterocycles. The Morgan fingerprint density at radius 3 is 2.60 bits per heavy atom. The van der Waals surface area contributed by atoms with E-state index in [9.17, 15) is 9.90 Å². The van der Waals surface area contributed by atoms with E-state index in [1.54, 1.807) is 0 Å². The zero-order chi connectivity index (χ0) is 13.9. The van der Waals surface area contributed by atoms with Crippen LogP contribution in [-0.2, 0) is 0 Å². The van der Waals surface area contributed by atoms with Crippen molar-refractivity contribution >= 4 is 5.97 Å². The van der Waals surface area contributed by atoms with Crippen LogP contribution in [0.25, 0.3) is 22.8 Å². The molecule has 3 rings (SSSR count). The maximum Gasteiger partial charge on any atom is 0.354 e. The number of aromatic amines is 1. The minimum atomic E-state index is -1.08. The first-order chi connectivity index (χ1) is 9.75. The first-order valence-electron chi connectivity index (χ1n) is 5.91. The predicted molar refractivity (Wildman–Crippen MR) is 72.0 cm³/mol. The van der Waals surface area contributed by atoms with Gasteiger partial charge in [0.25, 0.3) is 0 Å². The number of benzene rings is 1. The lowest BCUT2D eigenvalue weighted by Gasteiger charge is -1.95. The number of aromatic nitrogens is 4. The van der Waals surface area contributed by atoms with E-state index in [0.717, 1.165) is 5.56 Å². The molecule has 0 aliphatic rings. The van der Waals surface area contributed by atoms with Gasteiger partial charge < -0.3 is 10.1 Å². The molecule has 0 radical (unpaired) electrons. The highest BCUT2D eigenvalue weighted by molar-refractivity contribution is 5.93. The number of imidazole rings is 1. The molecule has 0 bridgehead atoms. The van der Waals surface area contributed by atoms with E-state index < -0.39 is 5.97 Å². The SMILES string of the molecule is O=C(O)c1[nH]c(-c2ccccc2)nc1-c1cnccn1. The number of aromatic carboxylic acids is 1. The fourth-order valence-electron chi connectivity index (χ4n) is 1.87. The third kappa shape index (κ3) is 2.14. The molecule has 20 heavy (non-hydrogen) atoms. The average molecular weight is 266 g/mol. The largest absolute Gasteiger partial charge is 0.477 e. The van der Waals surface area contributed by atoms with Crippen LogP contribution < -0.4 is 0 Å². The summed E-state index contributed by atoms with van der Waals surface area (Å²) in [6, 6.07) is 9.31. The van der Waals surface area contributed by atoms with Crippen LogP contribution in [0.15, 0.2) is 48.9 Å². The van der Waals surface area contributed by atoms with Crippen molar-refractivity contribution in [2.24, 2.45) is 0 Å². The Hall–Kier alpha value is -3.02. The van der Waals surface area contributed by atoms with Gasteiger partial charge in [-0.3, -0.25) is 9.97 Å². The molecule has 2 heterocycles. The quantitative estimate of drug-likeness (QED) is 0.758. The van der Waals surface area contributed by atoms with E-state index in [4.69, 9.17) is 0 Å². The van der Waals surface area contributed by atoms with Crippen LogP contribution in [0.3, 0.4) is 0 Å². The van der Waals surface area contributed by atoms with Crippen molar-refractivity contribution < 1.29 is 9.90 Å². The van der Waals surface area contributed by atoms with E-state index in [-0.39, 0.29) is 11.4 Å². The number of H-pyrrole nitrogens is 1. The molecule has 2 aromatic heterocycles. The van der Waals surface area contributed by atoms with Gasteiger partial charge in [0.15, 0.2) is 5.69 Å². The topological polar surface area (TPSA) is 91.8 Å². The van der Waals surface area contributed by atoms with Crippen LogP contribution in [0.1, 0.15) is 10.5 Å². The van der Waals surface area contributed by atoms with Crippen molar-refractivity contribution in [2.75, 3.05) is 0 Å². The molecule has 0 spiro atoms. The van der Waals surface area contributed by atoms with E-state index in [1.165, 1.54) is 18.6 Å².